The third-order valence-corrected chi connectivity index (χ3v) is 1.54. The first-order chi connectivity index (χ1) is 5.75. The summed E-state index contributed by atoms with van der Waals surface area (Å²) in [4.78, 5) is 10.6. The lowest BCUT2D eigenvalue weighted by atomic mass is 10.1. The first-order valence-corrected chi connectivity index (χ1v) is 3.50. The summed E-state index contributed by atoms with van der Waals surface area (Å²) in [7, 11) is 0. The van der Waals surface area contributed by atoms with Gasteiger partial charge < -0.3 is 5.11 Å². The van der Waals surface area contributed by atoms with Gasteiger partial charge in [0.2, 0.25) is 0 Å². The van der Waals surface area contributed by atoms with Crippen LogP contribution in [0.25, 0.3) is 0 Å². The third kappa shape index (κ3) is 3.02. The molecule has 0 radical (unpaired) electrons. The highest BCUT2D eigenvalue weighted by Crippen LogP contribution is 2.07. The van der Waals surface area contributed by atoms with E-state index in [1.165, 1.54) is 0 Å². The monoisotopic (exact) mass is 202 g/mol. The number of hydrazine groups is 1. The summed E-state index contributed by atoms with van der Waals surface area (Å²) in [6, 6.07) is 6.74. The molecule has 1 rings (SSSR count). The number of hydrogen-bond donors (Lipinski definition) is 3. The van der Waals surface area contributed by atoms with Gasteiger partial charge in [0.05, 0.1) is 5.56 Å². The van der Waals surface area contributed by atoms with Crippen molar-refractivity contribution >= 4 is 18.4 Å². The molecule has 1 aromatic carbocycles. The average Bonchev–Trinajstić information content (AvgIpc) is 2.05. The molecule has 0 bridgehead atoms. The minimum Gasteiger partial charge on any atom is -0.478 e. The van der Waals surface area contributed by atoms with Crippen molar-refractivity contribution in [2.75, 3.05) is 0 Å². The van der Waals surface area contributed by atoms with Crippen LogP contribution in [0.1, 0.15) is 15.9 Å². The quantitative estimate of drug-likeness (QED) is 0.500. The SMILES string of the molecule is Cl.NNCc1ccccc1C(=O)O. The summed E-state index contributed by atoms with van der Waals surface area (Å²) < 4.78 is 0. The van der Waals surface area contributed by atoms with Gasteiger partial charge in [-0.3, -0.25) is 11.3 Å². The summed E-state index contributed by atoms with van der Waals surface area (Å²) >= 11 is 0. The fourth-order valence-electron chi connectivity index (χ4n) is 0.993. The smallest absolute Gasteiger partial charge is 0.336 e. The van der Waals surface area contributed by atoms with E-state index < -0.39 is 5.97 Å². The zero-order chi connectivity index (χ0) is 8.97. The van der Waals surface area contributed by atoms with Crippen molar-refractivity contribution < 1.29 is 9.90 Å². The molecule has 0 aliphatic heterocycles. The van der Waals surface area contributed by atoms with Gasteiger partial charge >= 0.3 is 5.97 Å². The molecular formula is C8H11ClN2O2. The van der Waals surface area contributed by atoms with Gasteiger partial charge in [-0.15, -0.1) is 12.4 Å². The van der Waals surface area contributed by atoms with Crippen molar-refractivity contribution in [1.29, 1.82) is 0 Å². The fourth-order valence-corrected chi connectivity index (χ4v) is 0.993. The van der Waals surface area contributed by atoms with Crippen molar-refractivity contribution in [3.63, 3.8) is 0 Å². The van der Waals surface area contributed by atoms with E-state index in [-0.39, 0.29) is 18.0 Å². The molecule has 1 aromatic rings. The normalized spacial score (nSPS) is 9.00. The Hall–Kier alpha value is -1.10. The molecule has 0 heterocycles. The molecule has 4 N–H and O–H groups in total. The predicted octanol–water partition coefficient (Wildman–Crippen LogP) is 0.770. The van der Waals surface area contributed by atoms with E-state index in [4.69, 9.17) is 10.9 Å². The molecule has 72 valence electrons. The van der Waals surface area contributed by atoms with Crippen molar-refractivity contribution in [1.82, 2.24) is 5.43 Å². The van der Waals surface area contributed by atoms with Crippen LogP contribution in [0.2, 0.25) is 0 Å². The van der Waals surface area contributed by atoms with Gasteiger partial charge in [-0.1, -0.05) is 18.2 Å². The van der Waals surface area contributed by atoms with Crippen molar-refractivity contribution in [3.8, 4) is 0 Å². The maximum Gasteiger partial charge on any atom is 0.336 e. The van der Waals surface area contributed by atoms with Crippen LogP contribution in [0.15, 0.2) is 24.3 Å². The number of benzene rings is 1. The van der Waals surface area contributed by atoms with Gasteiger partial charge in [0, 0.05) is 6.54 Å². The highest BCUT2D eigenvalue weighted by atomic mass is 35.5. The number of halogens is 1. The topological polar surface area (TPSA) is 75.3 Å². The molecule has 0 saturated heterocycles. The second-order valence-electron chi connectivity index (χ2n) is 2.34. The van der Waals surface area contributed by atoms with E-state index in [0.717, 1.165) is 0 Å². The van der Waals surface area contributed by atoms with Gasteiger partial charge in [-0.25, -0.2) is 4.79 Å². The Bertz CT molecular complexity index is 291. The lowest BCUT2D eigenvalue weighted by Gasteiger charge is -2.03. The summed E-state index contributed by atoms with van der Waals surface area (Å²) in [5, 5.41) is 8.72. The Morgan fingerprint density at radius 3 is 2.62 bits per heavy atom. The maximum absolute atomic E-state index is 10.6. The third-order valence-electron chi connectivity index (χ3n) is 1.54. The van der Waals surface area contributed by atoms with E-state index in [1.54, 1.807) is 24.3 Å². The van der Waals surface area contributed by atoms with E-state index in [1.807, 2.05) is 0 Å². The van der Waals surface area contributed by atoms with Crippen LogP contribution in [0, 0.1) is 0 Å². The fraction of sp³-hybridized carbons (Fsp3) is 0.125. The van der Waals surface area contributed by atoms with Crippen LogP contribution in [0.3, 0.4) is 0 Å². The van der Waals surface area contributed by atoms with Crippen LogP contribution < -0.4 is 11.3 Å². The molecular weight excluding hydrogens is 192 g/mol. The highest BCUT2D eigenvalue weighted by Gasteiger charge is 2.06. The number of rotatable bonds is 3. The van der Waals surface area contributed by atoms with Gasteiger partial charge in [0.1, 0.15) is 0 Å². The Morgan fingerprint density at radius 2 is 2.08 bits per heavy atom. The molecule has 0 spiro atoms. The zero-order valence-corrected chi connectivity index (χ0v) is 7.67. The Balaban J connectivity index is 0.00000144. The number of carboxylic acids is 1. The maximum atomic E-state index is 10.6. The van der Waals surface area contributed by atoms with Crippen molar-refractivity contribution in [3.05, 3.63) is 35.4 Å². The molecule has 0 aliphatic rings. The second-order valence-corrected chi connectivity index (χ2v) is 2.34. The second kappa shape index (κ2) is 5.53. The van der Waals surface area contributed by atoms with Crippen LogP contribution in [-0.2, 0) is 6.54 Å². The molecule has 13 heavy (non-hydrogen) atoms. The number of hydrogen-bond acceptors (Lipinski definition) is 3. The standard InChI is InChI=1S/C8H10N2O2.ClH/c9-10-5-6-3-1-2-4-7(6)8(11)12;/h1-4,10H,5,9H2,(H,11,12);1H. The van der Waals surface area contributed by atoms with Crippen LogP contribution in [0.5, 0.6) is 0 Å². The van der Waals surface area contributed by atoms with E-state index in [2.05, 4.69) is 5.43 Å². The van der Waals surface area contributed by atoms with Gasteiger partial charge in [-0.05, 0) is 11.6 Å². The summed E-state index contributed by atoms with van der Waals surface area (Å²) in [5.41, 5.74) is 3.39. The summed E-state index contributed by atoms with van der Waals surface area (Å²) in [5.74, 6) is 4.16. The largest absolute Gasteiger partial charge is 0.478 e. The first kappa shape index (κ1) is 11.9. The van der Waals surface area contributed by atoms with Crippen LogP contribution in [-0.4, -0.2) is 11.1 Å². The number of nitrogens with one attached hydrogen (secondary N) is 1. The highest BCUT2D eigenvalue weighted by molar-refractivity contribution is 5.89. The lowest BCUT2D eigenvalue weighted by Crippen LogP contribution is -2.22. The first-order valence-electron chi connectivity index (χ1n) is 3.50. The molecule has 0 fully saturated rings. The Morgan fingerprint density at radius 1 is 1.46 bits per heavy atom. The van der Waals surface area contributed by atoms with Crippen LogP contribution in [0.4, 0.5) is 0 Å². The van der Waals surface area contributed by atoms with Gasteiger partial charge in [0.25, 0.3) is 0 Å². The number of nitrogens with two attached hydrogens (primary N) is 1. The number of carboxylic acid groups (broad SMARTS) is 1. The summed E-state index contributed by atoms with van der Waals surface area (Å²) in [6.07, 6.45) is 0. The predicted molar refractivity (Wildman–Crippen MR) is 51.7 cm³/mol. The van der Waals surface area contributed by atoms with E-state index in [0.29, 0.717) is 12.1 Å². The minimum absolute atomic E-state index is 0. The number of carbonyl (C=O) groups is 1. The molecule has 0 aromatic heterocycles. The lowest BCUT2D eigenvalue weighted by molar-refractivity contribution is 0.0695. The molecule has 5 heteroatoms. The van der Waals surface area contributed by atoms with Gasteiger partial charge in [0.15, 0.2) is 0 Å². The van der Waals surface area contributed by atoms with Crippen molar-refractivity contribution in [2.24, 2.45) is 5.84 Å². The van der Waals surface area contributed by atoms with E-state index >= 15 is 0 Å². The van der Waals surface area contributed by atoms with Crippen LogP contribution >= 0.6 is 12.4 Å². The minimum atomic E-state index is -0.930. The van der Waals surface area contributed by atoms with E-state index in [9.17, 15) is 4.79 Å². The Labute approximate surface area is 82.1 Å². The zero-order valence-electron chi connectivity index (χ0n) is 6.86. The molecule has 0 unspecified atom stereocenters. The summed E-state index contributed by atoms with van der Waals surface area (Å²) in [6.45, 7) is 0.364. The molecule has 0 aliphatic carbocycles. The molecule has 4 nitrogen and oxygen atoms in total. The van der Waals surface area contributed by atoms with Gasteiger partial charge in [-0.2, -0.15) is 0 Å². The molecule has 0 saturated carbocycles. The molecule has 0 atom stereocenters. The van der Waals surface area contributed by atoms with Crippen molar-refractivity contribution in [2.45, 2.75) is 6.54 Å². The molecule has 0 amide bonds. The average molecular weight is 203 g/mol. The Kier molecular flexibility index (Phi) is 5.06. The number of aromatic carboxylic acids is 1.